The van der Waals surface area contributed by atoms with Crippen LogP contribution in [0.4, 0.5) is 22.0 Å². The second-order valence-corrected chi connectivity index (χ2v) is 4.65. The maximum absolute atomic E-state index is 12.7. The van der Waals surface area contributed by atoms with Crippen LogP contribution in [0.25, 0.3) is 0 Å². The van der Waals surface area contributed by atoms with Crippen LogP contribution in [0.3, 0.4) is 0 Å². The number of urea groups is 1. The minimum Gasteiger partial charge on any atom is -0.292 e. The van der Waals surface area contributed by atoms with Gasteiger partial charge in [-0.1, -0.05) is 42.5 Å². The molecule has 0 aliphatic rings. The van der Waals surface area contributed by atoms with Crippen molar-refractivity contribution in [2.45, 2.75) is 0 Å². The molecule has 0 saturated carbocycles. The van der Waals surface area contributed by atoms with E-state index in [2.05, 4.69) is 10.3 Å². The van der Waals surface area contributed by atoms with Gasteiger partial charge in [0.05, 0.1) is 11.4 Å². The molecular weight excluding hydrogens is 274 g/mol. The van der Waals surface area contributed by atoms with Crippen molar-refractivity contribution >= 4 is 23.2 Å². The summed E-state index contributed by atoms with van der Waals surface area (Å²) in [6.07, 6.45) is 1.64. The molecule has 3 aromatic rings. The molecule has 0 spiro atoms. The van der Waals surface area contributed by atoms with Gasteiger partial charge in [-0.05, 0) is 36.4 Å². The Kier molecular flexibility index (Phi) is 4.11. The van der Waals surface area contributed by atoms with Gasteiger partial charge in [0.1, 0.15) is 5.82 Å². The summed E-state index contributed by atoms with van der Waals surface area (Å²) in [4.78, 5) is 18.4. The van der Waals surface area contributed by atoms with Crippen molar-refractivity contribution in [1.82, 2.24) is 4.98 Å². The zero-order chi connectivity index (χ0) is 15.2. The number of carbonyl (C=O) groups is 1. The smallest absolute Gasteiger partial charge is 0.292 e. The number of para-hydroxylation sites is 2. The number of nitrogens with zero attached hydrogens (tertiary/aromatic N) is 2. The van der Waals surface area contributed by atoms with E-state index < -0.39 is 0 Å². The fourth-order valence-electron chi connectivity index (χ4n) is 2.14. The number of benzene rings is 2. The molecule has 2 aromatic carbocycles. The number of hydrogen-bond acceptors (Lipinski definition) is 2. The van der Waals surface area contributed by atoms with Crippen LogP contribution in [-0.4, -0.2) is 11.0 Å². The summed E-state index contributed by atoms with van der Waals surface area (Å²) in [5, 5.41) is 2.81. The van der Waals surface area contributed by atoms with Crippen LogP contribution in [0, 0.1) is 0 Å². The van der Waals surface area contributed by atoms with E-state index in [1.165, 1.54) is 0 Å². The highest BCUT2D eigenvalue weighted by molar-refractivity contribution is 6.06. The zero-order valence-electron chi connectivity index (χ0n) is 11.9. The van der Waals surface area contributed by atoms with Crippen molar-refractivity contribution in [3.05, 3.63) is 85.1 Å². The molecule has 0 atom stereocenters. The van der Waals surface area contributed by atoms with E-state index in [-0.39, 0.29) is 6.03 Å². The van der Waals surface area contributed by atoms with Gasteiger partial charge in [-0.2, -0.15) is 0 Å². The molecule has 0 radical (unpaired) electrons. The van der Waals surface area contributed by atoms with E-state index in [0.717, 1.165) is 11.4 Å². The Bertz CT molecular complexity index is 691. The Hall–Kier alpha value is -3.14. The van der Waals surface area contributed by atoms with Crippen molar-refractivity contribution in [3.63, 3.8) is 0 Å². The second-order valence-electron chi connectivity index (χ2n) is 4.65. The predicted octanol–water partition coefficient (Wildman–Crippen LogP) is 4.45. The summed E-state index contributed by atoms with van der Waals surface area (Å²) < 4.78 is 0. The summed E-state index contributed by atoms with van der Waals surface area (Å²) in [7, 11) is 0. The second kappa shape index (κ2) is 6.54. The van der Waals surface area contributed by atoms with Gasteiger partial charge in [-0.15, -0.1) is 0 Å². The van der Waals surface area contributed by atoms with Crippen LogP contribution in [0.2, 0.25) is 0 Å². The average Bonchev–Trinajstić information content (AvgIpc) is 2.58. The Balaban J connectivity index is 1.94. The van der Waals surface area contributed by atoms with Crippen LogP contribution in [0.5, 0.6) is 0 Å². The van der Waals surface area contributed by atoms with E-state index in [4.69, 9.17) is 0 Å². The summed E-state index contributed by atoms with van der Waals surface area (Å²) in [6, 6.07) is 24.2. The number of aromatic nitrogens is 1. The van der Waals surface area contributed by atoms with E-state index in [1.54, 1.807) is 17.2 Å². The number of amides is 2. The molecule has 0 bridgehead atoms. The van der Waals surface area contributed by atoms with Crippen molar-refractivity contribution < 1.29 is 4.79 Å². The highest BCUT2D eigenvalue weighted by Gasteiger charge is 2.17. The first-order chi connectivity index (χ1) is 10.8. The molecular formula is C18H15N3O. The minimum atomic E-state index is -0.254. The number of rotatable bonds is 3. The highest BCUT2D eigenvalue weighted by Crippen LogP contribution is 2.25. The molecule has 3 rings (SSSR count). The molecule has 1 heterocycles. The molecule has 4 nitrogen and oxygen atoms in total. The lowest BCUT2D eigenvalue weighted by Gasteiger charge is -2.23. The van der Waals surface area contributed by atoms with Crippen LogP contribution >= 0.6 is 0 Å². The molecule has 0 aliphatic heterocycles. The van der Waals surface area contributed by atoms with Crippen LogP contribution in [0.15, 0.2) is 85.1 Å². The third-order valence-electron chi connectivity index (χ3n) is 3.13. The van der Waals surface area contributed by atoms with Gasteiger partial charge < -0.3 is 0 Å². The average molecular weight is 289 g/mol. The van der Waals surface area contributed by atoms with Crippen molar-refractivity contribution in [2.75, 3.05) is 10.2 Å². The van der Waals surface area contributed by atoms with Gasteiger partial charge in [0, 0.05) is 6.20 Å². The monoisotopic (exact) mass is 289 g/mol. The molecule has 0 unspecified atom stereocenters. The number of hydrogen-bond donors (Lipinski definition) is 1. The van der Waals surface area contributed by atoms with Gasteiger partial charge in [-0.3, -0.25) is 10.2 Å². The first-order valence-corrected chi connectivity index (χ1v) is 6.97. The maximum Gasteiger partial charge on any atom is 0.332 e. The van der Waals surface area contributed by atoms with E-state index in [9.17, 15) is 4.79 Å². The Labute approximate surface area is 129 Å². The number of pyridine rings is 1. The molecule has 22 heavy (non-hydrogen) atoms. The van der Waals surface area contributed by atoms with E-state index in [1.807, 2.05) is 72.8 Å². The Morgan fingerprint density at radius 3 is 1.82 bits per heavy atom. The number of anilines is 3. The summed E-state index contributed by atoms with van der Waals surface area (Å²) >= 11 is 0. The molecule has 0 fully saturated rings. The fraction of sp³-hybridized carbons (Fsp3) is 0. The maximum atomic E-state index is 12.7. The Morgan fingerprint density at radius 2 is 1.32 bits per heavy atom. The van der Waals surface area contributed by atoms with Crippen molar-refractivity contribution in [2.24, 2.45) is 0 Å². The highest BCUT2D eigenvalue weighted by atomic mass is 16.2. The quantitative estimate of drug-likeness (QED) is 0.774. The molecule has 0 aliphatic carbocycles. The number of nitrogens with one attached hydrogen (secondary N) is 1. The van der Waals surface area contributed by atoms with Gasteiger partial charge in [0.25, 0.3) is 0 Å². The lowest BCUT2D eigenvalue weighted by atomic mass is 10.2. The lowest BCUT2D eigenvalue weighted by molar-refractivity contribution is 0.259. The summed E-state index contributed by atoms with van der Waals surface area (Å²) in [6.45, 7) is 0. The van der Waals surface area contributed by atoms with E-state index >= 15 is 0 Å². The number of carbonyl (C=O) groups excluding carboxylic acids is 1. The molecule has 108 valence electrons. The third-order valence-corrected chi connectivity index (χ3v) is 3.13. The van der Waals surface area contributed by atoms with Gasteiger partial charge in [0.15, 0.2) is 0 Å². The Morgan fingerprint density at radius 1 is 0.773 bits per heavy atom. The van der Waals surface area contributed by atoms with Gasteiger partial charge in [0.2, 0.25) is 0 Å². The molecule has 1 aromatic heterocycles. The van der Waals surface area contributed by atoms with Crippen molar-refractivity contribution in [1.29, 1.82) is 0 Å². The van der Waals surface area contributed by atoms with Crippen LogP contribution in [-0.2, 0) is 0 Å². The first kappa shape index (κ1) is 13.8. The summed E-state index contributed by atoms with van der Waals surface area (Å²) in [5.74, 6) is 0.518. The SMILES string of the molecule is O=C(Nc1ccccn1)N(c1ccccc1)c1ccccc1. The van der Waals surface area contributed by atoms with Gasteiger partial charge >= 0.3 is 6.03 Å². The topological polar surface area (TPSA) is 45.2 Å². The lowest BCUT2D eigenvalue weighted by Crippen LogP contribution is -2.31. The normalized spacial score (nSPS) is 10.0. The van der Waals surface area contributed by atoms with Crippen LogP contribution in [0.1, 0.15) is 0 Å². The standard InChI is InChI=1S/C18H15N3O/c22-18(20-17-13-7-8-14-19-17)21(15-9-3-1-4-10-15)16-11-5-2-6-12-16/h1-14H,(H,19,20,22). The predicted molar refractivity (Wildman–Crippen MR) is 88.3 cm³/mol. The first-order valence-electron chi connectivity index (χ1n) is 6.97. The zero-order valence-corrected chi connectivity index (χ0v) is 11.9. The minimum absolute atomic E-state index is 0.254. The largest absolute Gasteiger partial charge is 0.332 e. The third kappa shape index (κ3) is 3.12. The van der Waals surface area contributed by atoms with Crippen LogP contribution < -0.4 is 10.2 Å². The molecule has 2 amide bonds. The summed E-state index contributed by atoms with van der Waals surface area (Å²) in [5.41, 5.74) is 1.59. The molecule has 1 N–H and O–H groups in total. The van der Waals surface area contributed by atoms with Crippen molar-refractivity contribution in [3.8, 4) is 0 Å². The molecule has 4 heteroatoms. The van der Waals surface area contributed by atoms with E-state index in [0.29, 0.717) is 5.82 Å². The molecule has 0 saturated heterocycles. The fourth-order valence-corrected chi connectivity index (χ4v) is 2.14. The van der Waals surface area contributed by atoms with Gasteiger partial charge in [-0.25, -0.2) is 9.78 Å².